The Balaban J connectivity index is 2.12. The Morgan fingerprint density at radius 3 is 3.45 bits per heavy atom. The van der Waals surface area contributed by atoms with E-state index in [4.69, 9.17) is 0 Å². The highest BCUT2D eigenvalue weighted by molar-refractivity contribution is 7.05. The molecule has 0 radical (unpaired) electrons. The molecule has 0 aliphatic carbocycles. The van der Waals surface area contributed by atoms with Crippen molar-refractivity contribution in [2.75, 3.05) is 0 Å². The maximum absolute atomic E-state index is 4.13. The third-order valence-corrected chi connectivity index (χ3v) is 3.46. The molecule has 1 saturated heterocycles. The summed E-state index contributed by atoms with van der Waals surface area (Å²) in [7, 11) is 0. The lowest BCUT2D eigenvalue weighted by atomic mass is 10.1. The zero-order chi connectivity index (χ0) is 7.26. The SMILES string of the molecule is C1CC2NC1Cc1nnsc12. The molecule has 3 nitrogen and oxygen atoms in total. The molecule has 1 N–H and O–H groups in total. The minimum absolute atomic E-state index is 0.587. The van der Waals surface area contributed by atoms with Crippen molar-refractivity contribution >= 4 is 11.5 Å². The summed E-state index contributed by atoms with van der Waals surface area (Å²) in [5, 5.41) is 7.69. The summed E-state index contributed by atoms with van der Waals surface area (Å²) in [6, 6.07) is 1.28. The molecule has 4 heteroatoms. The smallest absolute Gasteiger partial charge is 0.0819 e. The minimum Gasteiger partial charge on any atom is -0.306 e. The van der Waals surface area contributed by atoms with Gasteiger partial charge in [0.05, 0.1) is 10.6 Å². The van der Waals surface area contributed by atoms with Crippen molar-refractivity contribution in [3.8, 4) is 0 Å². The van der Waals surface area contributed by atoms with E-state index in [1.807, 2.05) is 0 Å². The van der Waals surface area contributed by atoms with Gasteiger partial charge in [-0.1, -0.05) is 4.49 Å². The summed E-state index contributed by atoms with van der Waals surface area (Å²) in [5.74, 6) is 0. The van der Waals surface area contributed by atoms with E-state index in [1.54, 1.807) is 11.5 Å². The maximum Gasteiger partial charge on any atom is 0.0819 e. The number of hydrogen-bond donors (Lipinski definition) is 1. The zero-order valence-corrected chi connectivity index (χ0v) is 6.90. The summed E-state index contributed by atoms with van der Waals surface area (Å²) in [4.78, 5) is 1.39. The van der Waals surface area contributed by atoms with E-state index in [0.717, 1.165) is 6.42 Å². The predicted octanol–water partition coefficient (Wildman–Crippen LogP) is 0.887. The van der Waals surface area contributed by atoms with Crippen LogP contribution in [-0.2, 0) is 6.42 Å². The third-order valence-electron chi connectivity index (χ3n) is 2.58. The molecule has 1 aromatic heterocycles. The van der Waals surface area contributed by atoms with Gasteiger partial charge in [0.2, 0.25) is 0 Å². The first-order valence-electron chi connectivity index (χ1n) is 4.00. The van der Waals surface area contributed by atoms with E-state index in [0.29, 0.717) is 12.1 Å². The molecule has 2 aliphatic heterocycles. The fourth-order valence-electron chi connectivity index (χ4n) is 2.04. The molecule has 0 amide bonds. The molecule has 3 heterocycles. The monoisotopic (exact) mass is 167 g/mol. The molecular weight excluding hydrogens is 158 g/mol. The van der Waals surface area contributed by atoms with Gasteiger partial charge >= 0.3 is 0 Å². The van der Waals surface area contributed by atoms with E-state index in [1.165, 1.54) is 23.4 Å². The van der Waals surface area contributed by atoms with Crippen molar-refractivity contribution in [1.82, 2.24) is 14.9 Å². The summed E-state index contributed by atoms with van der Waals surface area (Å²) in [6.45, 7) is 0. The van der Waals surface area contributed by atoms with Crippen molar-refractivity contribution in [3.63, 3.8) is 0 Å². The normalized spacial score (nSPS) is 33.8. The second-order valence-corrected chi connectivity index (χ2v) is 4.07. The van der Waals surface area contributed by atoms with Crippen LogP contribution in [0.15, 0.2) is 0 Å². The second-order valence-electron chi connectivity index (χ2n) is 3.28. The highest BCUT2D eigenvalue weighted by Crippen LogP contribution is 2.36. The molecule has 2 bridgehead atoms. The van der Waals surface area contributed by atoms with Crippen molar-refractivity contribution in [2.24, 2.45) is 0 Å². The van der Waals surface area contributed by atoms with Gasteiger partial charge in [0.25, 0.3) is 0 Å². The summed E-state index contributed by atoms with van der Waals surface area (Å²) in [6.07, 6.45) is 3.69. The van der Waals surface area contributed by atoms with Crippen LogP contribution in [0.4, 0.5) is 0 Å². The van der Waals surface area contributed by atoms with Crippen molar-refractivity contribution in [3.05, 3.63) is 10.6 Å². The minimum atomic E-state index is 0.587. The molecule has 1 aromatic rings. The van der Waals surface area contributed by atoms with E-state index in [2.05, 4.69) is 14.9 Å². The number of aromatic nitrogens is 2. The van der Waals surface area contributed by atoms with Gasteiger partial charge < -0.3 is 5.32 Å². The second kappa shape index (κ2) is 2.01. The Hall–Kier alpha value is -0.480. The molecule has 2 unspecified atom stereocenters. The van der Waals surface area contributed by atoms with Crippen LogP contribution in [0.1, 0.15) is 29.5 Å². The first kappa shape index (κ1) is 6.08. The number of nitrogens with zero attached hydrogens (tertiary/aromatic N) is 2. The Bertz CT molecular complexity index is 283. The largest absolute Gasteiger partial charge is 0.306 e. The number of fused-ring (bicyclic) bond motifs is 4. The van der Waals surface area contributed by atoms with Gasteiger partial charge in [-0.05, 0) is 24.4 Å². The van der Waals surface area contributed by atoms with Crippen molar-refractivity contribution in [2.45, 2.75) is 31.3 Å². The molecule has 11 heavy (non-hydrogen) atoms. The average molecular weight is 167 g/mol. The molecule has 2 atom stereocenters. The van der Waals surface area contributed by atoms with Gasteiger partial charge in [-0.3, -0.25) is 0 Å². The number of hydrogen-bond acceptors (Lipinski definition) is 4. The van der Waals surface area contributed by atoms with Crippen LogP contribution in [0.2, 0.25) is 0 Å². The standard InChI is InChI=1S/C7H9N3S/c1-2-5-7-6(9-10-11-7)3-4(1)8-5/h4-5,8H,1-3H2. The van der Waals surface area contributed by atoms with Gasteiger partial charge in [0, 0.05) is 18.5 Å². The van der Waals surface area contributed by atoms with Crippen LogP contribution in [-0.4, -0.2) is 15.6 Å². The van der Waals surface area contributed by atoms with Gasteiger partial charge in [0.15, 0.2) is 0 Å². The van der Waals surface area contributed by atoms with Crippen molar-refractivity contribution in [1.29, 1.82) is 0 Å². The van der Waals surface area contributed by atoms with Gasteiger partial charge in [-0.2, -0.15) is 0 Å². The van der Waals surface area contributed by atoms with Crippen molar-refractivity contribution < 1.29 is 0 Å². The van der Waals surface area contributed by atoms with E-state index in [-0.39, 0.29) is 0 Å². The Labute approximate surface area is 69.0 Å². The molecule has 3 rings (SSSR count). The number of rotatable bonds is 0. The first-order valence-corrected chi connectivity index (χ1v) is 4.78. The lowest BCUT2D eigenvalue weighted by Gasteiger charge is -2.18. The van der Waals surface area contributed by atoms with Crippen LogP contribution in [0, 0.1) is 0 Å². The topological polar surface area (TPSA) is 37.8 Å². The Morgan fingerprint density at radius 2 is 2.45 bits per heavy atom. The summed E-state index contributed by atoms with van der Waals surface area (Å²) >= 11 is 1.56. The molecular formula is C7H9N3S. The third kappa shape index (κ3) is 0.765. The van der Waals surface area contributed by atoms with Crippen LogP contribution >= 0.6 is 11.5 Å². The van der Waals surface area contributed by atoms with E-state index < -0.39 is 0 Å². The van der Waals surface area contributed by atoms with Crippen LogP contribution in [0.3, 0.4) is 0 Å². The first-order chi connectivity index (χ1) is 5.43. The quantitative estimate of drug-likeness (QED) is 0.623. The zero-order valence-electron chi connectivity index (χ0n) is 6.08. The molecule has 58 valence electrons. The molecule has 0 spiro atoms. The van der Waals surface area contributed by atoms with Crippen LogP contribution in [0.25, 0.3) is 0 Å². The molecule has 1 fully saturated rings. The van der Waals surface area contributed by atoms with E-state index in [9.17, 15) is 0 Å². The molecule has 2 aliphatic rings. The van der Waals surface area contributed by atoms with Gasteiger partial charge in [0.1, 0.15) is 0 Å². The molecule has 0 saturated carbocycles. The number of nitrogens with one attached hydrogen (secondary N) is 1. The average Bonchev–Trinajstić information content (AvgIpc) is 2.58. The van der Waals surface area contributed by atoms with Crippen LogP contribution < -0.4 is 5.32 Å². The lowest BCUT2D eigenvalue weighted by Crippen LogP contribution is -2.30. The maximum atomic E-state index is 4.13. The Kier molecular flexibility index (Phi) is 1.11. The fraction of sp³-hybridized carbons (Fsp3) is 0.714. The highest BCUT2D eigenvalue weighted by atomic mass is 32.1. The highest BCUT2D eigenvalue weighted by Gasteiger charge is 2.34. The predicted molar refractivity (Wildman–Crippen MR) is 42.5 cm³/mol. The van der Waals surface area contributed by atoms with Gasteiger partial charge in [-0.15, -0.1) is 5.10 Å². The Morgan fingerprint density at radius 1 is 1.45 bits per heavy atom. The summed E-state index contributed by atoms with van der Waals surface area (Å²) < 4.78 is 3.97. The van der Waals surface area contributed by atoms with Crippen LogP contribution in [0.5, 0.6) is 0 Å². The fourth-order valence-corrected chi connectivity index (χ4v) is 2.81. The van der Waals surface area contributed by atoms with Gasteiger partial charge in [-0.25, -0.2) is 0 Å². The lowest BCUT2D eigenvalue weighted by molar-refractivity contribution is 0.514. The molecule has 0 aromatic carbocycles. The summed E-state index contributed by atoms with van der Waals surface area (Å²) in [5.41, 5.74) is 1.25. The van der Waals surface area contributed by atoms with E-state index >= 15 is 0 Å².